The molecule has 0 bridgehead atoms. The number of phenols is 2. The molecule has 0 aliphatic heterocycles. The molecule has 0 fully saturated rings. The predicted molar refractivity (Wildman–Crippen MR) is 172 cm³/mol. The molecule has 0 atom stereocenters. The third kappa shape index (κ3) is 7.62. The second-order valence-corrected chi connectivity index (χ2v) is 9.63. The van der Waals surface area contributed by atoms with Gasteiger partial charge in [-0.1, -0.05) is 60.7 Å². The van der Waals surface area contributed by atoms with Gasteiger partial charge < -0.3 is 10.2 Å². The number of hydrogen-bond acceptors (Lipinski definition) is 12. The molecule has 6 rings (SSSR count). The zero-order valence-corrected chi connectivity index (χ0v) is 24.9. The van der Waals surface area contributed by atoms with E-state index in [0.29, 0.717) is 11.1 Å². The fraction of sp³-hybridized carbons (Fsp3) is 0. The van der Waals surface area contributed by atoms with Gasteiger partial charge in [0.15, 0.2) is 0 Å². The quantitative estimate of drug-likeness (QED) is 0.114. The molecule has 4 aromatic rings. The van der Waals surface area contributed by atoms with Gasteiger partial charge in [0.1, 0.15) is 22.9 Å². The van der Waals surface area contributed by atoms with Gasteiger partial charge in [0.05, 0.1) is 33.4 Å². The van der Waals surface area contributed by atoms with E-state index in [-0.39, 0.29) is 75.4 Å². The monoisotopic (exact) mass is 678 g/mol. The molecule has 1 radical (unpaired) electrons. The number of nitrogens with one attached hydrogen (secondary N) is 2. The largest absolute Gasteiger partial charge is 1.00 e. The summed E-state index contributed by atoms with van der Waals surface area (Å²) in [6.07, 6.45) is 6.25. The van der Waals surface area contributed by atoms with E-state index in [9.17, 15) is 40.0 Å². The van der Waals surface area contributed by atoms with Gasteiger partial charge in [0, 0.05) is 40.0 Å². The fourth-order valence-electron chi connectivity index (χ4n) is 4.39. The number of phenolic OH excluding ortho intramolecular Hbond substituents is 2. The summed E-state index contributed by atoms with van der Waals surface area (Å²) in [5.41, 5.74) is 8.52. The molecule has 14 nitrogen and oxygen atoms in total. The van der Waals surface area contributed by atoms with Crippen molar-refractivity contribution < 1.29 is 47.9 Å². The van der Waals surface area contributed by atoms with Gasteiger partial charge in [0.25, 0.3) is 11.4 Å². The Balaban J connectivity index is 0.000000250. The number of nitro groups is 2. The van der Waals surface area contributed by atoms with Crippen LogP contribution in [0, 0.1) is 20.2 Å². The smallest absolute Gasteiger partial charge is 0.505 e. The molecule has 0 aromatic heterocycles. The second-order valence-electron chi connectivity index (χ2n) is 9.63. The van der Waals surface area contributed by atoms with Gasteiger partial charge in [-0.3, -0.25) is 40.7 Å². The summed E-state index contributed by atoms with van der Waals surface area (Å²) >= 11 is 0. The first-order valence-corrected chi connectivity index (χ1v) is 13.4. The zero-order valence-electron chi connectivity index (χ0n) is 24.9. The summed E-state index contributed by atoms with van der Waals surface area (Å²) in [4.78, 5) is 44.1. The van der Waals surface area contributed by atoms with Crippen molar-refractivity contribution in [1.82, 2.24) is 0 Å². The molecule has 47 heavy (non-hydrogen) atoms. The first kappa shape index (κ1) is 33.4. The molecule has 0 unspecified atom stereocenters. The van der Waals surface area contributed by atoms with Gasteiger partial charge in [-0.2, -0.15) is 10.2 Å². The van der Waals surface area contributed by atoms with Crippen LogP contribution in [0.1, 0.15) is 23.7 Å². The van der Waals surface area contributed by atoms with Crippen LogP contribution in [0.3, 0.4) is 0 Å². The van der Waals surface area contributed by atoms with Crippen LogP contribution in [-0.4, -0.2) is 43.0 Å². The number of non-ortho nitro benzene ring substituents is 2. The Morgan fingerprint density at radius 2 is 0.979 bits per heavy atom. The van der Waals surface area contributed by atoms with Crippen LogP contribution in [0.15, 0.2) is 107 Å². The molecule has 0 heterocycles. The number of rotatable bonds is 6. The van der Waals surface area contributed by atoms with E-state index < -0.39 is 9.85 Å². The number of nitro benzene ring substituents is 2. The maximum atomic E-state index is 12.0. The van der Waals surface area contributed by atoms with Gasteiger partial charge >= 0.3 is 1.43 Å². The van der Waals surface area contributed by atoms with Crippen LogP contribution in [-0.2, 0) is 26.4 Å². The Morgan fingerprint density at radius 1 is 0.596 bits per heavy atom. The van der Waals surface area contributed by atoms with Crippen molar-refractivity contribution in [3.05, 3.63) is 140 Å². The summed E-state index contributed by atoms with van der Waals surface area (Å²) in [5.74, 6) is -1.18. The average Bonchev–Trinajstić information content (AvgIpc) is 3.05. The standard InChI is InChI=1S/2C16H11N3O4.Co/c2*20-14-8-5-10-3-1-2-4-12(10)16(14)18-17-13-7-6-11(19(22)23)9-15(13)21;/h2*1-9,17,21H;/p+1/b2*18-16-;. The summed E-state index contributed by atoms with van der Waals surface area (Å²) in [7, 11) is 0. The number of anilines is 2. The maximum Gasteiger partial charge on any atom is 1.00 e. The minimum absolute atomic E-state index is 0. The number of aromatic hydroxyl groups is 2. The third-order valence-corrected chi connectivity index (χ3v) is 6.69. The number of hydrazone groups is 2. The van der Waals surface area contributed by atoms with Crippen molar-refractivity contribution in [3.63, 3.8) is 0 Å². The van der Waals surface area contributed by atoms with Crippen molar-refractivity contribution in [2.24, 2.45) is 10.2 Å². The molecule has 4 aromatic carbocycles. The Bertz CT molecular complexity index is 1900. The average molecular weight is 679 g/mol. The Hall–Kier alpha value is -6.45. The summed E-state index contributed by atoms with van der Waals surface area (Å²) in [6, 6.07) is 21.7. The number of benzene rings is 4. The SMILES string of the molecule is O=C1C=Cc2ccccc2/C1=N/Nc1ccc([N+](=O)[O-])cc1O.O=C1C=Cc2ccccc2/C1=N/Nc1ccc([N+](=O)[O-])cc1O.[Co].[H+]. The number of carbonyl (C=O) groups excluding carboxylic acids is 2. The van der Waals surface area contributed by atoms with E-state index in [4.69, 9.17) is 0 Å². The predicted octanol–water partition coefficient (Wildman–Crippen LogP) is 5.54. The van der Waals surface area contributed by atoms with Gasteiger partial charge in [-0.15, -0.1) is 0 Å². The summed E-state index contributed by atoms with van der Waals surface area (Å²) < 4.78 is 0. The molecule has 237 valence electrons. The van der Waals surface area contributed by atoms with Crippen LogP contribution in [0.4, 0.5) is 22.7 Å². The van der Waals surface area contributed by atoms with E-state index >= 15 is 0 Å². The van der Waals surface area contributed by atoms with E-state index in [1.165, 1.54) is 36.4 Å². The number of fused-ring (bicyclic) bond motifs is 2. The summed E-state index contributed by atoms with van der Waals surface area (Å²) in [5, 5.41) is 49.0. The van der Waals surface area contributed by atoms with Crippen molar-refractivity contribution in [2.75, 3.05) is 10.9 Å². The van der Waals surface area contributed by atoms with Crippen LogP contribution in [0.5, 0.6) is 11.5 Å². The minimum Gasteiger partial charge on any atom is -0.505 e. The first-order chi connectivity index (χ1) is 22.1. The number of hydrogen-bond donors (Lipinski definition) is 4. The van der Waals surface area contributed by atoms with E-state index in [0.717, 1.165) is 23.3 Å². The molecular formula is C32H23CoN6O8+. The fourth-order valence-corrected chi connectivity index (χ4v) is 4.39. The third-order valence-electron chi connectivity index (χ3n) is 6.69. The molecule has 15 heteroatoms. The molecule has 0 saturated carbocycles. The molecule has 2 aliphatic rings. The molecule has 4 N–H and O–H groups in total. The number of nitrogens with zero attached hydrogens (tertiary/aromatic N) is 4. The maximum absolute atomic E-state index is 12.0. The van der Waals surface area contributed by atoms with Crippen LogP contribution < -0.4 is 10.9 Å². The normalized spacial score (nSPS) is 14.3. The first-order valence-electron chi connectivity index (χ1n) is 13.4. The molecule has 0 saturated heterocycles. The van der Waals surface area contributed by atoms with Gasteiger partial charge in [-0.05, 0) is 35.4 Å². The Morgan fingerprint density at radius 3 is 1.34 bits per heavy atom. The Labute approximate surface area is 277 Å². The number of ketones is 2. The van der Waals surface area contributed by atoms with E-state index in [1.807, 2.05) is 24.3 Å². The van der Waals surface area contributed by atoms with Crippen molar-refractivity contribution in [3.8, 4) is 11.5 Å². The van der Waals surface area contributed by atoms with Crippen LogP contribution in [0.2, 0.25) is 0 Å². The molecular weight excluding hydrogens is 655 g/mol. The summed E-state index contributed by atoms with van der Waals surface area (Å²) in [6.45, 7) is 0. The number of allylic oxidation sites excluding steroid dienone is 2. The van der Waals surface area contributed by atoms with Crippen molar-refractivity contribution in [1.29, 1.82) is 0 Å². The number of carbonyl (C=O) groups is 2. The van der Waals surface area contributed by atoms with E-state index in [1.54, 1.807) is 36.4 Å². The van der Waals surface area contributed by atoms with Crippen molar-refractivity contribution in [2.45, 2.75) is 0 Å². The van der Waals surface area contributed by atoms with Gasteiger partial charge in [-0.25, -0.2) is 0 Å². The Kier molecular flexibility index (Phi) is 10.4. The topological polar surface area (TPSA) is 210 Å². The minimum atomic E-state index is -0.610. The molecule has 2 aliphatic carbocycles. The molecule has 0 spiro atoms. The molecule has 0 amide bonds. The van der Waals surface area contributed by atoms with Gasteiger partial charge in [0.2, 0.25) is 11.6 Å². The van der Waals surface area contributed by atoms with Crippen molar-refractivity contribution >= 4 is 57.9 Å². The zero-order chi connectivity index (χ0) is 32.8. The van der Waals surface area contributed by atoms with E-state index in [2.05, 4.69) is 21.1 Å². The second kappa shape index (κ2) is 14.6. The van der Waals surface area contributed by atoms with Crippen LogP contribution in [0.25, 0.3) is 12.2 Å². The van der Waals surface area contributed by atoms with Crippen LogP contribution >= 0.6 is 0 Å².